The third kappa shape index (κ3) is 2.32. The molecule has 0 bridgehead atoms. The Hall–Kier alpha value is -1.03. The molecule has 3 atom stereocenters. The first-order chi connectivity index (χ1) is 8.00. The molecule has 1 aliphatic carbocycles. The second kappa shape index (κ2) is 4.69. The molecule has 1 aromatic carbocycles. The first-order valence-electron chi connectivity index (χ1n) is 5.83. The Morgan fingerprint density at radius 1 is 1.18 bits per heavy atom. The molecular weight excluding hydrogens is 229 g/mol. The van der Waals surface area contributed by atoms with Gasteiger partial charge in [-0.25, -0.2) is 13.2 Å². The molecule has 3 unspecified atom stereocenters. The van der Waals surface area contributed by atoms with Gasteiger partial charge in [-0.05, 0) is 18.3 Å². The van der Waals surface area contributed by atoms with Crippen LogP contribution in [0.2, 0.25) is 0 Å². The van der Waals surface area contributed by atoms with E-state index in [1.807, 2.05) is 6.92 Å². The quantitative estimate of drug-likeness (QED) is 0.843. The first kappa shape index (κ1) is 12.4. The minimum absolute atomic E-state index is 0.149. The summed E-state index contributed by atoms with van der Waals surface area (Å²) >= 11 is 0. The molecule has 1 aliphatic rings. The van der Waals surface area contributed by atoms with Gasteiger partial charge in [0.2, 0.25) is 0 Å². The Balaban J connectivity index is 2.33. The SMILES string of the molecule is CC1CCCC1C(O)c1c(F)cc(F)cc1F. The largest absolute Gasteiger partial charge is 0.388 e. The molecule has 1 aromatic rings. The summed E-state index contributed by atoms with van der Waals surface area (Å²) in [6, 6.07) is 1.22. The van der Waals surface area contributed by atoms with E-state index < -0.39 is 29.1 Å². The summed E-state index contributed by atoms with van der Waals surface area (Å²) in [6.45, 7) is 1.96. The van der Waals surface area contributed by atoms with Gasteiger partial charge in [-0.3, -0.25) is 0 Å². The van der Waals surface area contributed by atoms with Crippen LogP contribution in [0.15, 0.2) is 12.1 Å². The second-order valence-electron chi connectivity index (χ2n) is 4.80. The molecule has 0 radical (unpaired) electrons. The first-order valence-corrected chi connectivity index (χ1v) is 5.83. The average molecular weight is 244 g/mol. The zero-order valence-electron chi connectivity index (χ0n) is 9.59. The van der Waals surface area contributed by atoms with E-state index in [0.29, 0.717) is 12.1 Å². The molecule has 2 rings (SSSR count). The van der Waals surface area contributed by atoms with Gasteiger partial charge in [0, 0.05) is 12.1 Å². The van der Waals surface area contributed by atoms with Crippen molar-refractivity contribution in [3.8, 4) is 0 Å². The fourth-order valence-electron chi connectivity index (χ4n) is 2.69. The van der Waals surface area contributed by atoms with Crippen LogP contribution in [0, 0.1) is 29.3 Å². The Morgan fingerprint density at radius 3 is 2.24 bits per heavy atom. The highest BCUT2D eigenvalue weighted by Crippen LogP contribution is 2.41. The van der Waals surface area contributed by atoms with Crippen LogP contribution in [-0.2, 0) is 0 Å². The molecule has 1 fully saturated rings. The van der Waals surface area contributed by atoms with Crippen LogP contribution in [0.1, 0.15) is 37.9 Å². The summed E-state index contributed by atoms with van der Waals surface area (Å²) in [7, 11) is 0. The van der Waals surface area contributed by atoms with Crippen LogP contribution in [0.4, 0.5) is 13.2 Å². The van der Waals surface area contributed by atoms with E-state index in [2.05, 4.69) is 0 Å². The minimum Gasteiger partial charge on any atom is -0.388 e. The highest BCUT2D eigenvalue weighted by atomic mass is 19.1. The summed E-state index contributed by atoms with van der Waals surface area (Å²) in [5.74, 6) is -2.89. The lowest BCUT2D eigenvalue weighted by molar-refractivity contribution is 0.0828. The number of rotatable bonds is 2. The molecule has 0 aliphatic heterocycles. The normalized spacial score (nSPS) is 26.2. The monoisotopic (exact) mass is 244 g/mol. The van der Waals surface area contributed by atoms with Crippen molar-refractivity contribution in [1.29, 1.82) is 0 Å². The van der Waals surface area contributed by atoms with Crippen molar-refractivity contribution in [3.05, 3.63) is 35.1 Å². The van der Waals surface area contributed by atoms with E-state index in [1.165, 1.54) is 0 Å². The molecule has 1 N–H and O–H groups in total. The summed E-state index contributed by atoms with van der Waals surface area (Å²) in [5, 5.41) is 10.0. The molecule has 0 saturated heterocycles. The smallest absolute Gasteiger partial charge is 0.134 e. The van der Waals surface area contributed by atoms with Crippen molar-refractivity contribution in [2.75, 3.05) is 0 Å². The Morgan fingerprint density at radius 2 is 1.76 bits per heavy atom. The average Bonchev–Trinajstić information content (AvgIpc) is 2.62. The van der Waals surface area contributed by atoms with Crippen LogP contribution >= 0.6 is 0 Å². The minimum atomic E-state index is -1.19. The van der Waals surface area contributed by atoms with E-state index in [1.54, 1.807) is 0 Å². The van der Waals surface area contributed by atoms with E-state index in [0.717, 1.165) is 19.3 Å². The summed E-state index contributed by atoms with van der Waals surface area (Å²) < 4.78 is 39.8. The van der Waals surface area contributed by atoms with Crippen molar-refractivity contribution >= 4 is 0 Å². The van der Waals surface area contributed by atoms with E-state index in [-0.39, 0.29) is 11.8 Å². The van der Waals surface area contributed by atoms with Crippen molar-refractivity contribution in [2.45, 2.75) is 32.3 Å². The van der Waals surface area contributed by atoms with Crippen molar-refractivity contribution < 1.29 is 18.3 Å². The maximum Gasteiger partial charge on any atom is 0.134 e. The zero-order chi connectivity index (χ0) is 12.6. The number of hydrogen-bond donors (Lipinski definition) is 1. The molecule has 17 heavy (non-hydrogen) atoms. The Bertz CT molecular complexity index is 396. The fourth-order valence-corrected chi connectivity index (χ4v) is 2.69. The summed E-state index contributed by atoms with van der Waals surface area (Å²) in [4.78, 5) is 0. The predicted octanol–water partition coefficient (Wildman–Crippen LogP) is 3.57. The van der Waals surface area contributed by atoms with Crippen LogP contribution in [-0.4, -0.2) is 5.11 Å². The molecule has 0 heterocycles. The van der Waals surface area contributed by atoms with Crippen LogP contribution < -0.4 is 0 Å². The van der Waals surface area contributed by atoms with Gasteiger partial charge in [0.05, 0.1) is 11.7 Å². The zero-order valence-corrected chi connectivity index (χ0v) is 9.59. The fraction of sp³-hybridized carbons (Fsp3) is 0.538. The van der Waals surface area contributed by atoms with Gasteiger partial charge in [-0.2, -0.15) is 0 Å². The lowest BCUT2D eigenvalue weighted by atomic mass is 9.87. The summed E-state index contributed by atoms with van der Waals surface area (Å²) in [5.41, 5.74) is -0.398. The number of aliphatic hydroxyl groups excluding tert-OH is 1. The maximum absolute atomic E-state index is 13.5. The molecule has 94 valence electrons. The highest BCUT2D eigenvalue weighted by molar-refractivity contribution is 5.24. The molecule has 1 saturated carbocycles. The highest BCUT2D eigenvalue weighted by Gasteiger charge is 2.33. The third-order valence-electron chi connectivity index (χ3n) is 3.67. The molecule has 0 amide bonds. The van der Waals surface area contributed by atoms with Gasteiger partial charge in [0.25, 0.3) is 0 Å². The molecule has 1 nitrogen and oxygen atoms in total. The van der Waals surface area contributed by atoms with E-state index in [4.69, 9.17) is 0 Å². The Labute approximate surface area is 98.3 Å². The van der Waals surface area contributed by atoms with Gasteiger partial charge in [-0.15, -0.1) is 0 Å². The molecular formula is C13H15F3O. The van der Waals surface area contributed by atoms with Gasteiger partial charge < -0.3 is 5.11 Å². The van der Waals surface area contributed by atoms with Crippen molar-refractivity contribution in [3.63, 3.8) is 0 Å². The van der Waals surface area contributed by atoms with Crippen molar-refractivity contribution in [2.24, 2.45) is 11.8 Å². The van der Waals surface area contributed by atoms with Crippen LogP contribution in [0.3, 0.4) is 0 Å². The number of aliphatic hydroxyl groups is 1. The molecule has 0 aromatic heterocycles. The van der Waals surface area contributed by atoms with E-state index in [9.17, 15) is 18.3 Å². The van der Waals surface area contributed by atoms with Crippen molar-refractivity contribution in [1.82, 2.24) is 0 Å². The third-order valence-corrected chi connectivity index (χ3v) is 3.67. The molecule has 0 spiro atoms. The van der Waals surface area contributed by atoms with Gasteiger partial charge in [0.1, 0.15) is 17.5 Å². The topological polar surface area (TPSA) is 20.2 Å². The van der Waals surface area contributed by atoms with Gasteiger partial charge >= 0.3 is 0 Å². The lowest BCUT2D eigenvalue weighted by Crippen LogP contribution is -2.18. The van der Waals surface area contributed by atoms with Crippen LogP contribution in [0.5, 0.6) is 0 Å². The maximum atomic E-state index is 13.5. The van der Waals surface area contributed by atoms with E-state index >= 15 is 0 Å². The number of hydrogen-bond acceptors (Lipinski definition) is 1. The Kier molecular flexibility index (Phi) is 3.43. The standard InChI is InChI=1S/C13H15F3O/c1-7-3-2-4-9(7)13(17)12-10(15)5-8(14)6-11(12)16/h5-7,9,13,17H,2-4H2,1H3. The lowest BCUT2D eigenvalue weighted by Gasteiger charge is -2.23. The summed E-state index contributed by atoms with van der Waals surface area (Å²) in [6.07, 6.45) is 1.46. The van der Waals surface area contributed by atoms with Gasteiger partial charge in [-0.1, -0.05) is 19.8 Å². The molecule has 4 heteroatoms. The van der Waals surface area contributed by atoms with Gasteiger partial charge in [0.15, 0.2) is 0 Å². The number of benzene rings is 1. The number of halogens is 3. The van der Waals surface area contributed by atoms with Crippen LogP contribution in [0.25, 0.3) is 0 Å². The predicted molar refractivity (Wildman–Crippen MR) is 57.8 cm³/mol. The second-order valence-corrected chi connectivity index (χ2v) is 4.80.